The molecule has 3 heterocycles. The van der Waals surface area contributed by atoms with Crippen LogP contribution in [0.2, 0.25) is 0 Å². The molecule has 1 atom stereocenters. The number of fused-ring (bicyclic) bond motifs is 1. The van der Waals surface area contributed by atoms with Crippen LogP contribution >= 0.6 is 0 Å². The van der Waals surface area contributed by atoms with Gasteiger partial charge in [0, 0.05) is 25.2 Å². The fourth-order valence-electron chi connectivity index (χ4n) is 3.32. The highest BCUT2D eigenvalue weighted by molar-refractivity contribution is 5.76. The Labute approximate surface area is 142 Å². The number of benzene rings is 1. The molecule has 25 heavy (non-hydrogen) atoms. The van der Waals surface area contributed by atoms with E-state index in [0.717, 1.165) is 49.7 Å². The Balaban J connectivity index is 1.50. The molecule has 1 unspecified atom stereocenters. The number of alkyl halides is 3. The molecule has 130 valence electrons. The molecule has 1 N–H and O–H groups in total. The molecule has 2 aromatic heterocycles. The van der Waals surface area contributed by atoms with Crippen LogP contribution in [0.3, 0.4) is 0 Å². The van der Waals surface area contributed by atoms with Crippen LogP contribution in [-0.4, -0.2) is 32.9 Å². The van der Waals surface area contributed by atoms with E-state index in [1.165, 1.54) is 6.07 Å². The number of aromatic nitrogens is 3. The van der Waals surface area contributed by atoms with E-state index in [1.807, 2.05) is 18.2 Å². The van der Waals surface area contributed by atoms with Crippen LogP contribution in [0.4, 0.5) is 13.2 Å². The molecule has 1 aliphatic heterocycles. The number of hydrogen-bond acceptors (Lipinski definition) is 3. The van der Waals surface area contributed by atoms with Crippen LogP contribution in [0.15, 0.2) is 42.6 Å². The summed E-state index contributed by atoms with van der Waals surface area (Å²) in [4.78, 5) is 14.2. The van der Waals surface area contributed by atoms with Crippen molar-refractivity contribution >= 4 is 11.0 Å². The number of aromatic amines is 1. The summed E-state index contributed by atoms with van der Waals surface area (Å²) >= 11 is 0. The lowest BCUT2D eigenvalue weighted by Gasteiger charge is -2.14. The summed E-state index contributed by atoms with van der Waals surface area (Å²) in [6.45, 7) is 2.52. The van der Waals surface area contributed by atoms with E-state index in [4.69, 9.17) is 0 Å². The molecular formula is C18H17F3N4. The smallest absolute Gasteiger partial charge is 0.342 e. The third-order valence-corrected chi connectivity index (χ3v) is 4.60. The minimum absolute atomic E-state index is 0.199. The predicted molar refractivity (Wildman–Crippen MR) is 88.0 cm³/mol. The van der Waals surface area contributed by atoms with Crippen LogP contribution in [0.1, 0.15) is 29.4 Å². The number of hydrogen-bond donors (Lipinski definition) is 1. The number of imidazole rings is 1. The van der Waals surface area contributed by atoms with Crippen LogP contribution < -0.4 is 0 Å². The first-order chi connectivity index (χ1) is 12.0. The Morgan fingerprint density at radius 2 is 2.08 bits per heavy atom. The van der Waals surface area contributed by atoms with Gasteiger partial charge in [-0.1, -0.05) is 6.07 Å². The largest absolute Gasteiger partial charge is 0.416 e. The second kappa shape index (κ2) is 6.15. The summed E-state index contributed by atoms with van der Waals surface area (Å²) < 4.78 is 38.5. The van der Waals surface area contributed by atoms with Gasteiger partial charge >= 0.3 is 6.18 Å². The van der Waals surface area contributed by atoms with Crippen LogP contribution in [0.5, 0.6) is 0 Å². The Hall–Kier alpha value is -2.41. The molecule has 0 amide bonds. The number of H-pyrrole nitrogens is 1. The summed E-state index contributed by atoms with van der Waals surface area (Å²) in [7, 11) is 0. The van der Waals surface area contributed by atoms with Crippen molar-refractivity contribution in [1.82, 2.24) is 19.9 Å². The second-order valence-corrected chi connectivity index (χ2v) is 6.39. The number of nitrogens with zero attached hydrogens (tertiary/aromatic N) is 3. The van der Waals surface area contributed by atoms with E-state index >= 15 is 0 Å². The molecule has 1 aromatic carbocycles. The number of likely N-dealkylation sites (tertiary alicyclic amines) is 1. The average molecular weight is 346 g/mol. The van der Waals surface area contributed by atoms with Gasteiger partial charge in [-0.2, -0.15) is 13.2 Å². The van der Waals surface area contributed by atoms with E-state index in [2.05, 4.69) is 19.9 Å². The van der Waals surface area contributed by atoms with Gasteiger partial charge in [-0.3, -0.25) is 9.88 Å². The number of nitrogens with one attached hydrogen (secondary N) is 1. The lowest BCUT2D eigenvalue weighted by molar-refractivity contribution is -0.137. The Kier molecular flexibility index (Phi) is 3.95. The van der Waals surface area contributed by atoms with E-state index in [-0.39, 0.29) is 5.92 Å². The van der Waals surface area contributed by atoms with E-state index in [1.54, 1.807) is 6.20 Å². The van der Waals surface area contributed by atoms with E-state index in [0.29, 0.717) is 11.0 Å². The van der Waals surface area contributed by atoms with E-state index in [9.17, 15) is 13.2 Å². The first-order valence-corrected chi connectivity index (χ1v) is 8.18. The molecule has 0 aliphatic carbocycles. The zero-order valence-electron chi connectivity index (χ0n) is 13.4. The molecular weight excluding hydrogens is 329 g/mol. The lowest BCUT2D eigenvalue weighted by Crippen LogP contribution is -2.20. The van der Waals surface area contributed by atoms with Crippen molar-refractivity contribution in [2.75, 3.05) is 13.1 Å². The molecule has 4 rings (SSSR count). The summed E-state index contributed by atoms with van der Waals surface area (Å²) in [5, 5.41) is 0. The number of halogens is 3. The van der Waals surface area contributed by atoms with Gasteiger partial charge in [0.2, 0.25) is 0 Å². The van der Waals surface area contributed by atoms with Crippen LogP contribution in [0, 0.1) is 0 Å². The molecule has 1 saturated heterocycles. The average Bonchev–Trinajstić information content (AvgIpc) is 3.20. The maximum absolute atomic E-state index is 12.8. The Morgan fingerprint density at radius 1 is 1.20 bits per heavy atom. The lowest BCUT2D eigenvalue weighted by atomic mass is 10.1. The molecule has 0 bridgehead atoms. The fraction of sp³-hybridized carbons (Fsp3) is 0.333. The van der Waals surface area contributed by atoms with Gasteiger partial charge in [0.15, 0.2) is 0 Å². The monoisotopic (exact) mass is 346 g/mol. The molecule has 3 aromatic rings. The van der Waals surface area contributed by atoms with Gasteiger partial charge in [-0.15, -0.1) is 0 Å². The Bertz CT molecular complexity index is 873. The van der Waals surface area contributed by atoms with Crippen molar-refractivity contribution in [3.05, 3.63) is 59.7 Å². The van der Waals surface area contributed by atoms with Crippen LogP contribution in [-0.2, 0) is 12.7 Å². The predicted octanol–water partition coefficient (Wildman–Crippen LogP) is 3.97. The normalized spacial score (nSPS) is 18.9. The van der Waals surface area contributed by atoms with Gasteiger partial charge in [-0.25, -0.2) is 4.98 Å². The van der Waals surface area contributed by atoms with Gasteiger partial charge in [0.25, 0.3) is 0 Å². The second-order valence-electron chi connectivity index (χ2n) is 6.39. The highest BCUT2D eigenvalue weighted by Crippen LogP contribution is 2.32. The molecule has 1 fully saturated rings. The maximum atomic E-state index is 12.8. The van der Waals surface area contributed by atoms with Gasteiger partial charge in [0.05, 0.1) is 22.3 Å². The summed E-state index contributed by atoms with van der Waals surface area (Å²) in [6.07, 6.45) is -1.63. The third-order valence-electron chi connectivity index (χ3n) is 4.60. The van der Waals surface area contributed by atoms with Crippen molar-refractivity contribution in [2.24, 2.45) is 0 Å². The highest BCUT2D eigenvalue weighted by atomic mass is 19.4. The third kappa shape index (κ3) is 3.37. The Morgan fingerprint density at radius 3 is 2.84 bits per heavy atom. The van der Waals surface area contributed by atoms with Crippen LogP contribution in [0.25, 0.3) is 11.0 Å². The van der Waals surface area contributed by atoms with Crippen molar-refractivity contribution in [3.8, 4) is 0 Å². The van der Waals surface area contributed by atoms with Gasteiger partial charge < -0.3 is 4.98 Å². The topological polar surface area (TPSA) is 44.8 Å². The first-order valence-electron chi connectivity index (χ1n) is 8.18. The first kappa shape index (κ1) is 16.1. The molecule has 7 heteroatoms. The quantitative estimate of drug-likeness (QED) is 0.781. The molecule has 0 radical (unpaired) electrons. The molecule has 1 aliphatic rings. The minimum atomic E-state index is -4.34. The summed E-state index contributed by atoms with van der Waals surface area (Å²) in [6, 6.07) is 9.49. The zero-order valence-corrected chi connectivity index (χ0v) is 13.4. The molecule has 0 saturated carbocycles. The summed E-state index contributed by atoms with van der Waals surface area (Å²) in [5.41, 5.74) is 1.38. The molecule has 4 nitrogen and oxygen atoms in total. The van der Waals surface area contributed by atoms with E-state index < -0.39 is 11.7 Å². The van der Waals surface area contributed by atoms with Crippen molar-refractivity contribution in [1.29, 1.82) is 0 Å². The van der Waals surface area contributed by atoms with Crippen molar-refractivity contribution < 1.29 is 13.2 Å². The standard InChI is InChI=1S/C18H17F3N4/c19-18(20,21)13-4-5-15-16(9-13)24-17(23-15)12-6-8-25(10-12)11-14-3-1-2-7-22-14/h1-5,7,9,12H,6,8,10-11H2,(H,23,24). The number of rotatable bonds is 3. The minimum Gasteiger partial charge on any atom is -0.342 e. The SMILES string of the molecule is FC(F)(F)c1ccc2nc(C3CCN(Cc4ccccn4)C3)[nH]c2c1. The zero-order chi connectivity index (χ0) is 17.4. The van der Waals surface area contributed by atoms with Gasteiger partial charge in [0.1, 0.15) is 5.82 Å². The van der Waals surface area contributed by atoms with Gasteiger partial charge in [-0.05, 0) is 43.3 Å². The van der Waals surface area contributed by atoms with Crippen molar-refractivity contribution in [2.45, 2.75) is 25.1 Å². The number of pyridine rings is 1. The maximum Gasteiger partial charge on any atom is 0.416 e. The summed E-state index contributed by atoms with van der Waals surface area (Å²) in [5.74, 6) is 0.961. The van der Waals surface area contributed by atoms with Crippen molar-refractivity contribution in [3.63, 3.8) is 0 Å². The fourth-order valence-corrected chi connectivity index (χ4v) is 3.32. The highest BCUT2D eigenvalue weighted by Gasteiger charge is 2.31. The molecule has 0 spiro atoms.